The first-order chi connectivity index (χ1) is 13.4. The number of morpholine rings is 1. The molecule has 2 bridgehead atoms. The minimum atomic E-state index is -3.76. The van der Waals surface area contributed by atoms with E-state index in [9.17, 15) is 13.2 Å². The van der Waals surface area contributed by atoms with Crippen LogP contribution in [0.25, 0.3) is 0 Å². The van der Waals surface area contributed by atoms with Crippen LogP contribution in [-0.2, 0) is 14.8 Å². The van der Waals surface area contributed by atoms with Crippen molar-refractivity contribution in [2.45, 2.75) is 43.5 Å². The lowest BCUT2D eigenvalue weighted by molar-refractivity contribution is 0.0730. The number of hydrogen-bond donors (Lipinski definition) is 1. The van der Waals surface area contributed by atoms with Gasteiger partial charge in [-0.3, -0.25) is 4.79 Å². The number of benzene rings is 1. The molecule has 1 aliphatic heterocycles. The van der Waals surface area contributed by atoms with Crippen LogP contribution >= 0.6 is 11.6 Å². The number of carbonyl (C=O) groups is 1. The predicted octanol–water partition coefficient (Wildman–Crippen LogP) is 2.92. The lowest BCUT2D eigenvalue weighted by Gasteiger charge is -2.29. The lowest BCUT2D eigenvalue weighted by atomic mass is 9.84. The predicted molar refractivity (Wildman–Crippen MR) is 107 cm³/mol. The number of halogens is 1. The fourth-order valence-electron chi connectivity index (χ4n) is 5.07. The van der Waals surface area contributed by atoms with Crippen LogP contribution in [0, 0.1) is 17.8 Å². The highest BCUT2D eigenvalue weighted by atomic mass is 35.5. The zero-order valence-corrected chi connectivity index (χ0v) is 17.6. The average molecular weight is 427 g/mol. The van der Waals surface area contributed by atoms with Gasteiger partial charge in [0.05, 0.1) is 18.2 Å². The number of fused-ring (bicyclic) bond motifs is 2. The third-order valence-corrected chi connectivity index (χ3v) is 8.96. The third kappa shape index (κ3) is 3.82. The van der Waals surface area contributed by atoms with Crippen LogP contribution in [0.3, 0.4) is 0 Å². The maximum Gasteiger partial charge on any atom is 0.251 e. The summed E-state index contributed by atoms with van der Waals surface area (Å²) in [6.07, 6.45) is 5.05. The van der Waals surface area contributed by atoms with Gasteiger partial charge in [-0.05, 0) is 62.1 Å². The van der Waals surface area contributed by atoms with E-state index in [0.717, 1.165) is 5.92 Å². The van der Waals surface area contributed by atoms with E-state index in [-0.39, 0.29) is 35.0 Å². The summed E-state index contributed by atoms with van der Waals surface area (Å²) < 4.78 is 32.5. The topological polar surface area (TPSA) is 75.7 Å². The van der Waals surface area contributed by atoms with Gasteiger partial charge in [0.2, 0.25) is 10.0 Å². The Morgan fingerprint density at radius 3 is 2.64 bits per heavy atom. The summed E-state index contributed by atoms with van der Waals surface area (Å²) in [6.45, 7) is 3.35. The first kappa shape index (κ1) is 20.1. The van der Waals surface area contributed by atoms with Crippen molar-refractivity contribution in [2.75, 3.05) is 26.3 Å². The standard InChI is InChI=1S/C20H27ClN2O4S/c1-13(17-11-14-2-3-15(17)10-14)22-20(24)16-4-5-18(21)19(12-16)28(25,26)23-6-8-27-9-7-23/h4-5,12-15,17H,2-3,6-11H2,1H3,(H,22,24). The smallest absolute Gasteiger partial charge is 0.251 e. The monoisotopic (exact) mass is 426 g/mol. The van der Waals surface area contributed by atoms with Crippen molar-refractivity contribution in [1.82, 2.24) is 9.62 Å². The summed E-state index contributed by atoms with van der Waals surface area (Å²) in [7, 11) is -3.76. The van der Waals surface area contributed by atoms with Crippen molar-refractivity contribution in [1.29, 1.82) is 0 Å². The van der Waals surface area contributed by atoms with E-state index < -0.39 is 10.0 Å². The zero-order chi connectivity index (χ0) is 19.9. The Morgan fingerprint density at radius 2 is 2.00 bits per heavy atom. The first-order valence-electron chi connectivity index (χ1n) is 10.0. The number of sulfonamides is 1. The molecule has 0 spiro atoms. The summed E-state index contributed by atoms with van der Waals surface area (Å²) in [5.41, 5.74) is 0.325. The van der Waals surface area contributed by atoms with Gasteiger partial charge in [0.15, 0.2) is 0 Å². The number of nitrogens with zero attached hydrogens (tertiary/aromatic N) is 1. The molecular weight excluding hydrogens is 400 g/mol. The molecule has 3 fully saturated rings. The average Bonchev–Trinajstić information content (AvgIpc) is 3.32. The Balaban J connectivity index is 1.50. The van der Waals surface area contributed by atoms with Gasteiger partial charge in [0.1, 0.15) is 4.90 Å². The molecule has 4 rings (SSSR count). The van der Waals surface area contributed by atoms with E-state index in [1.165, 1.54) is 42.1 Å². The normalized spacial score (nSPS) is 29.0. The Labute approximate surface area is 171 Å². The molecule has 6 nitrogen and oxygen atoms in total. The van der Waals surface area contributed by atoms with Crippen LogP contribution in [0.15, 0.2) is 23.1 Å². The van der Waals surface area contributed by atoms with E-state index >= 15 is 0 Å². The second-order valence-electron chi connectivity index (χ2n) is 8.26. The molecule has 154 valence electrons. The lowest BCUT2D eigenvalue weighted by Crippen LogP contribution is -2.41. The van der Waals surface area contributed by atoms with Crippen LogP contribution < -0.4 is 5.32 Å². The second kappa shape index (κ2) is 7.94. The van der Waals surface area contributed by atoms with Crippen molar-refractivity contribution < 1.29 is 17.9 Å². The van der Waals surface area contributed by atoms with Crippen LogP contribution in [0.4, 0.5) is 0 Å². The molecule has 1 heterocycles. The molecule has 1 amide bonds. The van der Waals surface area contributed by atoms with Crippen LogP contribution in [-0.4, -0.2) is 51.0 Å². The van der Waals surface area contributed by atoms with Gasteiger partial charge in [-0.25, -0.2) is 8.42 Å². The SMILES string of the molecule is CC(NC(=O)c1ccc(Cl)c(S(=O)(=O)N2CCOCC2)c1)C1CC2CCC1C2. The maximum atomic E-state index is 13.0. The number of ether oxygens (including phenoxy) is 1. The fraction of sp³-hybridized carbons (Fsp3) is 0.650. The van der Waals surface area contributed by atoms with Crippen LogP contribution in [0.2, 0.25) is 5.02 Å². The van der Waals surface area contributed by atoms with E-state index in [1.54, 1.807) is 6.07 Å². The molecule has 4 unspecified atom stereocenters. The maximum absolute atomic E-state index is 13.0. The summed E-state index contributed by atoms with van der Waals surface area (Å²) in [5.74, 6) is 1.80. The Kier molecular flexibility index (Phi) is 5.71. The molecule has 1 aromatic rings. The molecule has 8 heteroatoms. The van der Waals surface area contributed by atoms with Crippen molar-refractivity contribution in [2.24, 2.45) is 17.8 Å². The van der Waals surface area contributed by atoms with Gasteiger partial charge in [0, 0.05) is 24.7 Å². The summed E-state index contributed by atoms with van der Waals surface area (Å²) in [5, 5.41) is 3.22. The van der Waals surface area contributed by atoms with Gasteiger partial charge < -0.3 is 10.1 Å². The van der Waals surface area contributed by atoms with Crippen molar-refractivity contribution in [3.8, 4) is 0 Å². The number of carbonyl (C=O) groups excluding carboxylic acids is 1. The highest BCUT2D eigenvalue weighted by Crippen LogP contribution is 2.49. The van der Waals surface area contributed by atoms with Gasteiger partial charge in [-0.1, -0.05) is 18.0 Å². The zero-order valence-electron chi connectivity index (χ0n) is 16.1. The van der Waals surface area contributed by atoms with E-state index in [4.69, 9.17) is 16.3 Å². The molecule has 3 aliphatic rings. The summed E-state index contributed by atoms with van der Waals surface area (Å²) >= 11 is 6.19. The molecule has 28 heavy (non-hydrogen) atoms. The number of hydrogen-bond acceptors (Lipinski definition) is 4. The van der Waals surface area contributed by atoms with E-state index in [2.05, 4.69) is 12.2 Å². The largest absolute Gasteiger partial charge is 0.379 e. The molecular formula is C20H27ClN2O4S. The Morgan fingerprint density at radius 1 is 1.25 bits per heavy atom. The van der Waals surface area contributed by atoms with Crippen LogP contribution in [0.1, 0.15) is 43.0 Å². The molecule has 4 atom stereocenters. The molecule has 2 aliphatic carbocycles. The number of rotatable bonds is 5. The Hall–Kier alpha value is -1.15. The minimum Gasteiger partial charge on any atom is -0.379 e. The molecule has 1 N–H and O–H groups in total. The van der Waals surface area contributed by atoms with Gasteiger partial charge in [0.25, 0.3) is 5.91 Å². The molecule has 2 saturated carbocycles. The molecule has 1 aromatic carbocycles. The van der Waals surface area contributed by atoms with Gasteiger partial charge in [-0.15, -0.1) is 0 Å². The third-order valence-electron chi connectivity index (χ3n) is 6.58. The van der Waals surface area contributed by atoms with Gasteiger partial charge in [-0.2, -0.15) is 4.31 Å². The minimum absolute atomic E-state index is 0.0173. The van der Waals surface area contributed by atoms with Crippen molar-refractivity contribution >= 4 is 27.5 Å². The van der Waals surface area contributed by atoms with Crippen LogP contribution in [0.5, 0.6) is 0 Å². The molecule has 0 radical (unpaired) electrons. The van der Waals surface area contributed by atoms with Gasteiger partial charge >= 0.3 is 0 Å². The second-order valence-corrected chi connectivity index (χ2v) is 10.6. The Bertz CT molecular complexity index is 854. The number of nitrogens with one attached hydrogen (secondary N) is 1. The van der Waals surface area contributed by atoms with E-state index in [1.807, 2.05) is 0 Å². The number of amides is 1. The highest BCUT2D eigenvalue weighted by Gasteiger charge is 2.42. The summed E-state index contributed by atoms with van der Waals surface area (Å²) in [4.78, 5) is 12.8. The highest BCUT2D eigenvalue weighted by molar-refractivity contribution is 7.89. The molecule has 1 saturated heterocycles. The van der Waals surface area contributed by atoms with E-state index in [0.29, 0.717) is 30.6 Å². The fourth-order valence-corrected chi connectivity index (χ4v) is 6.98. The molecule has 0 aromatic heterocycles. The first-order valence-corrected chi connectivity index (χ1v) is 11.9. The van der Waals surface area contributed by atoms with Crippen molar-refractivity contribution in [3.63, 3.8) is 0 Å². The summed E-state index contributed by atoms with van der Waals surface area (Å²) in [6, 6.07) is 4.56. The van der Waals surface area contributed by atoms with Crippen molar-refractivity contribution in [3.05, 3.63) is 28.8 Å². The quantitative estimate of drug-likeness (QED) is 0.785.